The number of imide groups is 1. The number of rotatable bonds is 6. The van der Waals surface area contributed by atoms with E-state index in [1.165, 1.54) is 12.1 Å². The van der Waals surface area contributed by atoms with Crippen molar-refractivity contribution in [1.29, 1.82) is 0 Å². The van der Waals surface area contributed by atoms with Crippen LogP contribution in [0.15, 0.2) is 54.6 Å². The average Bonchev–Trinajstić information content (AvgIpc) is 2.62. The number of phenolic OH excluding ortho intramolecular Hbond substituents is 1. The van der Waals surface area contributed by atoms with Gasteiger partial charge < -0.3 is 15.2 Å². The number of carbonyl (C=O) groups is 3. The molecule has 7 heteroatoms. The average molecular weight is 356 g/mol. The van der Waals surface area contributed by atoms with E-state index in [1.807, 2.05) is 0 Å². The zero-order valence-electron chi connectivity index (χ0n) is 14.3. The molecule has 0 spiro atoms. The number of nitrogens with one attached hydrogen (secondary N) is 2. The van der Waals surface area contributed by atoms with Gasteiger partial charge in [-0.05, 0) is 24.6 Å². The van der Waals surface area contributed by atoms with E-state index in [0.29, 0.717) is 17.7 Å². The van der Waals surface area contributed by atoms with E-state index in [9.17, 15) is 19.5 Å². The van der Waals surface area contributed by atoms with Crippen LogP contribution in [0.4, 0.5) is 4.79 Å². The summed E-state index contributed by atoms with van der Waals surface area (Å²) < 4.78 is 5.32. The van der Waals surface area contributed by atoms with Gasteiger partial charge in [0.25, 0.3) is 5.91 Å². The number of carbonyl (C=O) groups excluding carboxylic acids is 3. The van der Waals surface area contributed by atoms with Crippen molar-refractivity contribution in [2.24, 2.45) is 0 Å². The molecule has 26 heavy (non-hydrogen) atoms. The van der Waals surface area contributed by atoms with Gasteiger partial charge in [0.05, 0.1) is 6.42 Å². The summed E-state index contributed by atoms with van der Waals surface area (Å²) in [7, 11) is 0. The third kappa shape index (κ3) is 5.62. The van der Waals surface area contributed by atoms with Crippen molar-refractivity contribution in [1.82, 2.24) is 10.6 Å². The lowest BCUT2D eigenvalue weighted by Gasteiger charge is -2.17. The minimum atomic E-state index is -1.25. The number of esters is 1. The van der Waals surface area contributed by atoms with E-state index in [1.54, 1.807) is 49.4 Å². The van der Waals surface area contributed by atoms with Gasteiger partial charge in [0.15, 0.2) is 0 Å². The molecule has 3 amide bonds. The predicted octanol–water partition coefficient (Wildman–Crippen LogP) is 2.06. The summed E-state index contributed by atoms with van der Waals surface area (Å²) in [5.41, 5.74) is 1.08. The molecule has 0 heterocycles. The number of aromatic hydroxyl groups is 1. The minimum absolute atomic E-state index is 0.0714. The quantitative estimate of drug-likeness (QED) is 0.687. The number of ether oxygens (including phenoxy) is 1. The largest absolute Gasteiger partial charge is 0.508 e. The topological polar surface area (TPSA) is 105 Å². The Labute approximate surface area is 151 Å². The molecule has 0 radical (unpaired) electrons. The van der Waals surface area contributed by atoms with Crippen LogP contribution in [-0.2, 0) is 20.7 Å². The van der Waals surface area contributed by atoms with Gasteiger partial charge in [0.2, 0.25) is 6.10 Å². The second kappa shape index (κ2) is 9.22. The number of phenols is 1. The molecule has 0 aromatic heterocycles. The second-order valence-corrected chi connectivity index (χ2v) is 5.47. The summed E-state index contributed by atoms with van der Waals surface area (Å²) in [5, 5.41) is 13.9. The highest BCUT2D eigenvalue weighted by Crippen LogP contribution is 2.19. The molecule has 136 valence electrons. The van der Waals surface area contributed by atoms with Crippen LogP contribution in [0.2, 0.25) is 0 Å². The van der Waals surface area contributed by atoms with E-state index >= 15 is 0 Å². The Balaban J connectivity index is 2.10. The smallest absolute Gasteiger partial charge is 0.321 e. The highest BCUT2D eigenvalue weighted by Gasteiger charge is 2.26. The number of hydrogen-bond acceptors (Lipinski definition) is 5. The normalized spacial score (nSPS) is 11.3. The maximum Gasteiger partial charge on any atom is 0.321 e. The Morgan fingerprint density at radius 3 is 2.31 bits per heavy atom. The third-order valence-corrected chi connectivity index (χ3v) is 3.45. The summed E-state index contributed by atoms with van der Waals surface area (Å²) in [6.45, 7) is 2.08. The zero-order valence-corrected chi connectivity index (χ0v) is 14.3. The maximum atomic E-state index is 12.4. The second-order valence-electron chi connectivity index (χ2n) is 5.47. The first-order valence-electron chi connectivity index (χ1n) is 8.10. The van der Waals surface area contributed by atoms with Crippen LogP contribution in [0.25, 0.3) is 0 Å². The third-order valence-electron chi connectivity index (χ3n) is 3.45. The van der Waals surface area contributed by atoms with Gasteiger partial charge in [-0.25, -0.2) is 4.79 Å². The van der Waals surface area contributed by atoms with Gasteiger partial charge in [0.1, 0.15) is 5.75 Å². The summed E-state index contributed by atoms with van der Waals surface area (Å²) >= 11 is 0. The number of benzene rings is 2. The minimum Gasteiger partial charge on any atom is -0.508 e. The first-order chi connectivity index (χ1) is 12.5. The van der Waals surface area contributed by atoms with Crippen LogP contribution < -0.4 is 10.6 Å². The molecule has 0 fully saturated rings. The SMILES string of the molecule is CCNC(=O)NC(=O)[C@@H](OC(=O)Cc1ccc(O)cc1)c1ccccc1. The molecule has 0 bridgehead atoms. The van der Waals surface area contributed by atoms with Crippen LogP contribution in [0, 0.1) is 0 Å². The first-order valence-corrected chi connectivity index (χ1v) is 8.10. The van der Waals surface area contributed by atoms with Crippen LogP contribution in [0.1, 0.15) is 24.2 Å². The summed E-state index contributed by atoms with van der Waals surface area (Å²) in [6, 6.07) is 13.9. The van der Waals surface area contributed by atoms with Crippen molar-refractivity contribution >= 4 is 17.9 Å². The van der Waals surface area contributed by atoms with E-state index in [4.69, 9.17) is 4.74 Å². The van der Waals surface area contributed by atoms with Gasteiger partial charge in [0, 0.05) is 12.1 Å². The van der Waals surface area contributed by atoms with E-state index in [0.717, 1.165) is 0 Å². The Hall–Kier alpha value is -3.35. The molecule has 0 aliphatic carbocycles. The van der Waals surface area contributed by atoms with Crippen molar-refractivity contribution in [3.63, 3.8) is 0 Å². The van der Waals surface area contributed by atoms with Gasteiger partial charge in [-0.15, -0.1) is 0 Å². The number of urea groups is 1. The predicted molar refractivity (Wildman–Crippen MR) is 94.3 cm³/mol. The van der Waals surface area contributed by atoms with Crippen molar-refractivity contribution in [3.8, 4) is 5.75 Å². The molecule has 0 aliphatic heterocycles. The van der Waals surface area contributed by atoms with E-state index in [-0.39, 0.29) is 12.2 Å². The molecule has 0 saturated heterocycles. The monoisotopic (exact) mass is 356 g/mol. The summed E-state index contributed by atoms with van der Waals surface area (Å²) in [4.78, 5) is 36.2. The molecule has 2 aromatic rings. The number of hydrogen-bond donors (Lipinski definition) is 3. The molecule has 3 N–H and O–H groups in total. The van der Waals surface area contributed by atoms with Crippen LogP contribution in [0.3, 0.4) is 0 Å². The fraction of sp³-hybridized carbons (Fsp3) is 0.211. The van der Waals surface area contributed by atoms with Crippen LogP contribution in [-0.4, -0.2) is 29.6 Å². The van der Waals surface area contributed by atoms with Gasteiger partial charge in [-0.2, -0.15) is 0 Å². The summed E-state index contributed by atoms with van der Waals surface area (Å²) in [5.74, 6) is -1.28. The van der Waals surface area contributed by atoms with Gasteiger partial charge in [-0.3, -0.25) is 14.9 Å². The van der Waals surface area contributed by atoms with Crippen molar-refractivity contribution in [2.75, 3.05) is 6.54 Å². The molecule has 7 nitrogen and oxygen atoms in total. The Morgan fingerprint density at radius 1 is 1.04 bits per heavy atom. The van der Waals surface area contributed by atoms with Crippen molar-refractivity contribution in [2.45, 2.75) is 19.4 Å². The fourth-order valence-electron chi connectivity index (χ4n) is 2.24. The Bertz CT molecular complexity index is 759. The standard InChI is InChI=1S/C19H20N2O5/c1-2-20-19(25)21-18(24)17(14-6-4-3-5-7-14)26-16(23)12-13-8-10-15(22)11-9-13/h3-11,17,22H,2,12H2,1H3,(H2,20,21,24,25)/t17-/m0/s1. The highest BCUT2D eigenvalue weighted by molar-refractivity contribution is 5.97. The molecule has 0 saturated carbocycles. The van der Waals surface area contributed by atoms with Crippen molar-refractivity contribution in [3.05, 3.63) is 65.7 Å². The van der Waals surface area contributed by atoms with Crippen LogP contribution >= 0.6 is 0 Å². The van der Waals surface area contributed by atoms with E-state index in [2.05, 4.69) is 10.6 Å². The molecular weight excluding hydrogens is 336 g/mol. The van der Waals surface area contributed by atoms with E-state index < -0.39 is 24.0 Å². The Kier molecular flexibility index (Phi) is 6.73. The van der Waals surface area contributed by atoms with Gasteiger partial charge >= 0.3 is 12.0 Å². The highest BCUT2D eigenvalue weighted by atomic mass is 16.5. The summed E-state index contributed by atoms with van der Waals surface area (Å²) in [6.07, 6.45) is -1.32. The lowest BCUT2D eigenvalue weighted by Crippen LogP contribution is -2.42. The fourth-order valence-corrected chi connectivity index (χ4v) is 2.24. The van der Waals surface area contributed by atoms with Crippen LogP contribution in [0.5, 0.6) is 5.75 Å². The zero-order chi connectivity index (χ0) is 18.9. The molecule has 0 aliphatic rings. The molecule has 1 atom stereocenters. The van der Waals surface area contributed by atoms with Crippen molar-refractivity contribution < 1.29 is 24.2 Å². The molecule has 2 aromatic carbocycles. The maximum absolute atomic E-state index is 12.4. The lowest BCUT2D eigenvalue weighted by molar-refractivity contribution is -0.155. The molecule has 2 rings (SSSR count). The van der Waals surface area contributed by atoms with Gasteiger partial charge in [-0.1, -0.05) is 42.5 Å². The molecular formula is C19H20N2O5. The Morgan fingerprint density at radius 2 is 1.69 bits per heavy atom. The first kappa shape index (κ1) is 19.0. The lowest BCUT2D eigenvalue weighted by atomic mass is 10.1. The number of amides is 3. The molecule has 0 unspecified atom stereocenters.